The van der Waals surface area contributed by atoms with E-state index >= 15 is 0 Å². The number of para-hydroxylation sites is 1. The van der Waals surface area contributed by atoms with Crippen molar-refractivity contribution in [3.8, 4) is 11.1 Å². The Kier molecular flexibility index (Phi) is 3.20. The highest BCUT2D eigenvalue weighted by Crippen LogP contribution is 2.41. The number of fused-ring (bicyclic) bond motifs is 4. The molecular formula is C21H20N6O. The van der Waals surface area contributed by atoms with Crippen molar-refractivity contribution >= 4 is 27.8 Å². The number of aromatic amines is 2. The summed E-state index contributed by atoms with van der Waals surface area (Å²) in [6.07, 6.45) is 4.77. The van der Waals surface area contributed by atoms with Crippen LogP contribution in [0.15, 0.2) is 47.5 Å². The fraction of sp³-hybridized carbons (Fsp3) is 0.286. The number of H-pyrrole nitrogens is 2. The van der Waals surface area contributed by atoms with Gasteiger partial charge in [0.1, 0.15) is 5.82 Å². The van der Waals surface area contributed by atoms with Gasteiger partial charge in [0.05, 0.1) is 22.7 Å². The second kappa shape index (κ2) is 5.65. The van der Waals surface area contributed by atoms with Gasteiger partial charge in [0.2, 0.25) is 0 Å². The van der Waals surface area contributed by atoms with Gasteiger partial charge in [-0.1, -0.05) is 18.2 Å². The number of pyridine rings is 2. The number of likely N-dealkylation sites (N-methyl/N-ethyl adjacent to an activating group) is 1. The number of nitrogens with zero attached hydrogens (tertiary/aromatic N) is 4. The third-order valence-corrected chi connectivity index (χ3v) is 6.31. The predicted octanol–water partition coefficient (Wildman–Crippen LogP) is 2.36. The normalized spacial score (nSPS) is 22.0. The van der Waals surface area contributed by atoms with Crippen molar-refractivity contribution in [3.63, 3.8) is 0 Å². The molecule has 0 radical (unpaired) electrons. The maximum Gasteiger partial charge on any atom is 0.323 e. The fourth-order valence-electron chi connectivity index (χ4n) is 4.83. The van der Waals surface area contributed by atoms with Crippen LogP contribution in [-0.2, 0) is 0 Å². The smallest absolute Gasteiger partial charge is 0.323 e. The Bertz CT molecular complexity index is 1270. The second-order valence-corrected chi connectivity index (χ2v) is 7.76. The molecule has 2 N–H and O–H groups in total. The first-order valence-electron chi connectivity index (χ1n) is 9.63. The minimum Gasteiger partial charge on any atom is -0.350 e. The zero-order valence-electron chi connectivity index (χ0n) is 15.5. The first kappa shape index (κ1) is 15.8. The Balaban J connectivity index is 1.53. The van der Waals surface area contributed by atoms with Crippen molar-refractivity contribution in [3.05, 3.63) is 53.2 Å². The van der Waals surface area contributed by atoms with E-state index in [1.165, 1.54) is 6.42 Å². The molecule has 2 saturated heterocycles. The number of benzene rings is 1. The van der Waals surface area contributed by atoms with Crippen LogP contribution < -0.4 is 10.6 Å². The Hall–Kier alpha value is -3.19. The van der Waals surface area contributed by atoms with Gasteiger partial charge < -0.3 is 14.9 Å². The molecule has 28 heavy (non-hydrogen) atoms. The number of anilines is 1. The molecule has 7 heteroatoms. The number of rotatable bonds is 2. The lowest BCUT2D eigenvalue weighted by atomic mass is 9.94. The van der Waals surface area contributed by atoms with Crippen LogP contribution in [0.5, 0.6) is 0 Å². The number of aromatic nitrogens is 4. The zero-order chi connectivity index (χ0) is 18.8. The molecule has 5 heterocycles. The van der Waals surface area contributed by atoms with Crippen molar-refractivity contribution < 1.29 is 0 Å². The topological polar surface area (TPSA) is 80.9 Å². The van der Waals surface area contributed by atoms with Crippen molar-refractivity contribution in [2.45, 2.75) is 18.5 Å². The van der Waals surface area contributed by atoms with Crippen LogP contribution in [0.3, 0.4) is 0 Å². The van der Waals surface area contributed by atoms with E-state index < -0.39 is 0 Å². The van der Waals surface area contributed by atoms with E-state index in [2.05, 4.69) is 43.9 Å². The molecule has 4 aromatic rings. The lowest BCUT2D eigenvalue weighted by molar-refractivity contribution is 0.241. The Labute approximate surface area is 161 Å². The average Bonchev–Trinajstić information content (AvgIpc) is 3.20. The summed E-state index contributed by atoms with van der Waals surface area (Å²) in [5, 5.41) is 0.935. The fourth-order valence-corrected chi connectivity index (χ4v) is 4.83. The van der Waals surface area contributed by atoms with Crippen LogP contribution in [0.2, 0.25) is 0 Å². The molecule has 0 unspecified atom stereocenters. The summed E-state index contributed by atoms with van der Waals surface area (Å²) in [7, 11) is 2.21. The molecule has 6 rings (SSSR count). The summed E-state index contributed by atoms with van der Waals surface area (Å²) in [6, 6.07) is 11.4. The quantitative estimate of drug-likeness (QED) is 0.565. The van der Waals surface area contributed by atoms with Gasteiger partial charge in [-0.2, -0.15) is 0 Å². The summed E-state index contributed by atoms with van der Waals surface area (Å²) in [5.74, 6) is 1.02. The monoisotopic (exact) mass is 372 g/mol. The molecule has 0 saturated carbocycles. The molecule has 0 amide bonds. The third kappa shape index (κ3) is 2.10. The standard InChI is InChI=1S/C21H20N6O/c1-26-9-7-16-17(26)11-27(16)20-13(6-3-8-22-20)12-4-2-5-14-18(12)23-10-15-19(14)25-21(28)24-15/h2-6,8,10,16-17H,7,9,11H2,1H3,(H2,24,25,28)/t16-,17-/m1/s1. The lowest BCUT2D eigenvalue weighted by Gasteiger charge is -2.47. The molecule has 2 aliphatic heterocycles. The highest BCUT2D eigenvalue weighted by Gasteiger charge is 2.46. The average molecular weight is 372 g/mol. The van der Waals surface area contributed by atoms with Crippen LogP contribution in [0, 0.1) is 0 Å². The van der Waals surface area contributed by atoms with Crippen LogP contribution in [-0.4, -0.2) is 57.1 Å². The molecule has 2 atom stereocenters. The molecule has 7 nitrogen and oxygen atoms in total. The van der Waals surface area contributed by atoms with Crippen molar-refractivity contribution in [2.24, 2.45) is 0 Å². The van der Waals surface area contributed by atoms with Gasteiger partial charge in [-0.05, 0) is 25.6 Å². The van der Waals surface area contributed by atoms with E-state index in [9.17, 15) is 4.79 Å². The van der Waals surface area contributed by atoms with E-state index in [1.807, 2.05) is 24.4 Å². The summed E-state index contributed by atoms with van der Waals surface area (Å²) in [5.41, 5.74) is 4.31. The minimum absolute atomic E-state index is 0.214. The van der Waals surface area contributed by atoms with Gasteiger partial charge in [0, 0.05) is 47.9 Å². The maximum absolute atomic E-state index is 11.8. The molecule has 2 aliphatic rings. The first-order valence-corrected chi connectivity index (χ1v) is 9.63. The van der Waals surface area contributed by atoms with Gasteiger partial charge in [0.15, 0.2) is 0 Å². The predicted molar refractivity (Wildman–Crippen MR) is 110 cm³/mol. The third-order valence-electron chi connectivity index (χ3n) is 6.31. The van der Waals surface area contributed by atoms with Crippen LogP contribution in [0.25, 0.3) is 33.1 Å². The van der Waals surface area contributed by atoms with Crippen LogP contribution in [0.4, 0.5) is 5.82 Å². The summed E-state index contributed by atoms with van der Waals surface area (Å²) in [6.45, 7) is 2.15. The second-order valence-electron chi connectivity index (χ2n) is 7.76. The van der Waals surface area contributed by atoms with Gasteiger partial charge in [-0.15, -0.1) is 0 Å². The van der Waals surface area contributed by atoms with Crippen molar-refractivity contribution in [1.29, 1.82) is 0 Å². The minimum atomic E-state index is -0.214. The molecule has 1 aromatic carbocycles. The van der Waals surface area contributed by atoms with Crippen LogP contribution >= 0.6 is 0 Å². The summed E-state index contributed by atoms with van der Waals surface area (Å²) in [4.78, 5) is 31.7. The lowest BCUT2D eigenvalue weighted by Crippen LogP contribution is -2.61. The number of hydrogen-bond donors (Lipinski definition) is 2. The largest absolute Gasteiger partial charge is 0.350 e. The zero-order valence-corrected chi connectivity index (χ0v) is 15.5. The van der Waals surface area contributed by atoms with Crippen LogP contribution in [0.1, 0.15) is 6.42 Å². The molecular weight excluding hydrogens is 352 g/mol. The van der Waals surface area contributed by atoms with E-state index in [0.717, 1.165) is 52.0 Å². The SMILES string of the molecule is CN1CC[C@@H]2[C@H]1CN2c1ncccc1-c1cccc2c1ncc1[nH]c(=O)[nH]c12. The summed E-state index contributed by atoms with van der Waals surface area (Å²) < 4.78 is 0. The molecule has 0 bridgehead atoms. The van der Waals surface area contributed by atoms with Crippen molar-refractivity contribution in [2.75, 3.05) is 25.0 Å². The van der Waals surface area contributed by atoms with Gasteiger partial charge in [-0.25, -0.2) is 9.78 Å². The number of nitrogens with one attached hydrogen (secondary N) is 2. The molecule has 3 aromatic heterocycles. The summed E-state index contributed by atoms with van der Waals surface area (Å²) >= 11 is 0. The van der Waals surface area contributed by atoms with Crippen molar-refractivity contribution in [1.82, 2.24) is 24.8 Å². The van der Waals surface area contributed by atoms with E-state index in [-0.39, 0.29) is 5.69 Å². The Morgan fingerprint density at radius 2 is 1.96 bits per heavy atom. The highest BCUT2D eigenvalue weighted by molar-refractivity contribution is 6.07. The number of hydrogen-bond acceptors (Lipinski definition) is 5. The maximum atomic E-state index is 11.8. The molecule has 0 aliphatic carbocycles. The van der Waals surface area contributed by atoms with Gasteiger partial charge in [0.25, 0.3) is 0 Å². The molecule has 140 valence electrons. The van der Waals surface area contributed by atoms with Gasteiger partial charge in [-0.3, -0.25) is 9.88 Å². The molecule has 2 fully saturated rings. The van der Waals surface area contributed by atoms with E-state index in [0.29, 0.717) is 12.1 Å². The Morgan fingerprint density at radius 3 is 2.86 bits per heavy atom. The van der Waals surface area contributed by atoms with E-state index in [1.54, 1.807) is 6.20 Å². The number of imidazole rings is 1. The Morgan fingerprint density at radius 1 is 1.07 bits per heavy atom. The highest BCUT2D eigenvalue weighted by atomic mass is 16.1. The van der Waals surface area contributed by atoms with E-state index in [4.69, 9.17) is 4.98 Å². The first-order chi connectivity index (χ1) is 13.7. The molecule has 0 spiro atoms. The number of likely N-dealkylation sites (tertiary alicyclic amines) is 1. The van der Waals surface area contributed by atoms with Gasteiger partial charge >= 0.3 is 5.69 Å².